The van der Waals surface area contributed by atoms with Crippen LogP contribution in [0, 0.1) is 6.92 Å². The van der Waals surface area contributed by atoms with E-state index in [-0.39, 0.29) is 11.7 Å². The number of hydrogen-bond acceptors (Lipinski definition) is 5. The van der Waals surface area contributed by atoms with Crippen molar-refractivity contribution in [2.24, 2.45) is 7.05 Å². The number of amides is 1. The predicted octanol–water partition coefficient (Wildman–Crippen LogP) is 5.71. The van der Waals surface area contributed by atoms with Crippen LogP contribution in [-0.2, 0) is 18.4 Å². The van der Waals surface area contributed by atoms with Crippen molar-refractivity contribution in [3.8, 4) is 5.75 Å². The number of benzene rings is 3. The summed E-state index contributed by atoms with van der Waals surface area (Å²) in [6.07, 6.45) is 0. The van der Waals surface area contributed by atoms with Crippen LogP contribution >= 0.6 is 11.8 Å². The Morgan fingerprint density at radius 2 is 1.88 bits per heavy atom. The second-order valence-electron chi connectivity index (χ2n) is 8.31. The van der Waals surface area contributed by atoms with Gasteiger partial charge in [0.05, 0.1) is 5.75 Å². The molecule has 0 aliphatic heterocycles. The number of anilines is 1. The summed E-state index contributed by atoms with van der Waals surface area (Å²) in [6, 6.07) is 20.2. The van der Waals surface area contributed by atoms with E-state index in [0.717, 1.165) is 27.8 Å². The zero-order valence-electron chi connectivity index (χ0n) is 19.3. The molecule has 0 saturated carbocycles. The molecule has 170 valence electrons. The fourth-order valence-corrected chi connectivity index (χ4v) is 4.36. The number of aryl methyl sites for hydroxylation is 1. The van der Waals surface area contributed by atoms with Crippen molar-refractivity contribution in [2.45, 2.75) is 38.5 Å². The van der Waals surface area contributed by atoms with Gasteiger partial charge in [0, 0.05) is 18.1 Å². The van der Waals surface area contributed by atoms with Gasteiger partial charge < -0.3 is 14.6 Å². The van der Waals surface area contributed by atoms with Crippen molar-refractivity contribution in [1.82, 2.24) is 14.8 Å². The molecule has 0 fully saturated rings. The molecule has 0 aliphatic carbocycles. The van der Waals surface area contributed by atoms with Gasteiger partial charge in [-0.3, -0.25) is 4.79 Å². The van der Waals surface area contributed by atoms with Crippen molar-refractivity contribution in [1.29, 1.82) is 0 Å². The Labute approximate surface area is 198 Å². The fraction of sp³-hybridized carbons (Fsp3) is 0.269. The summed E-state index contributed by atoms with van der Waals surface area (Å²) < 4.78 is 7.97. The SMILES string of the molecule is Cc1ccc(C(C)C)c(OCc2nnc(SCC(=O)Nc3cccc4ccccc34)n2C)c1. The molecule has 0 unspecified atom stereocenters. The molecule has 7 heteroatoms. The van der Waals surface area contributed by atoms with Crippen molar-refractivity contribution < 1.29 is 9.53 Å². The number of carbonyl (C=O) groups is 1. The van der Waals surface area contributed by atoms with E-state index in [9.17, 15) is 4.79 Å². The molecule has 1 heterocycles. The van der Waals surface area contributed by atoms with Crippen LogP contribution < -0.4 is 10.1 Å². The number of ether oxygens (including phenoxy) is 1. The molecule has 0 radical (unpaired) electrons. The number of rotatable bonds is 8. The van der Waals surface area contributed by atoms with Crippen molar-refractivity contribution in [3.63, 3.8) is 0 Å². The highest BCUT2D eigenvalue weighted by Crippen LogP contribution is 2.28. The Balaban J connectivity index is 1.37. The Bertz CT molecular complexity index is 1280. The molecule has 0 atom stereocenters. The molecular weight excluding hydrogens is 432 g/mol. The van der Waals surface area contributed by atoms with Gasteiger partial charge in [-0.2, -0.15) is 0 Å². The minimum absolute atomic E-state index is 0.0847. The molecule has 1 aromatic heterocycles. The summed E-state index contributed by atoms with van der Waals surface area (Å²) >= 11 is 1.35. The van der Waals surface area contributed by atoms with Crippen LogP contribution in [0.5, 0.6) is 5.75 Å². The van der Waals surface area contributed by atoms with Crippen LogP contribution in [0.3, 0.4) is 0 Å². The molecule has 4 aromatic rings. The number of thioether (sulfide) groups is 1. The largest absolute Gasteiger partial charge is 0.485 e. The van der Waals surface area contributed by atoms with Gasteiger partial charge in [-0.1, -0.05) is 74.1 Å². The molecule has 1 amide bonds. The van der Waals surface area contributed by atoms with Crippen molar-refractivity contribution in [3.05, 3.63) is 77.6 Å². The minimum Gasteiger partial charge on any atom is -0.485 e. The third kappa shape index (κ3) is 5.37. The Kier molecular flexibility index (Phi) is 6.99. The molecule has 4 rings (SSSR count). The first-order valence-electron chi connectivity index (χ1n) is 10.9. The van der Waals surface area contributed by atoms with E-state index in [4.69, 9.17) is 4.74 Å². The van der Waals surface area contributed by atoms with Gasteiger partial charge in [0.1, 0.15) is 12.4 Å². The molecule has 3 aromatic carbocycles. The number of nitrogens with one attached hydrogen (secondary N) is 1. The van der Waals surface area contributed by atoms with E-state index < -0.39 is 0 Å². The lowest BCUT2D eigenvalue weighted by molar-refractivity contribution is -0.113. The highest BCUT2D eigenvalue weighted by Gasteiger charge is 2.14. The molecule has 33 heavy (non-hydrogen) atoms. The average molecular weight is 461 g/mol. The summed E-state index contributed by atoms with van der Waals surface area (Å²) in [4.78, 5) is 12.6. The first-order chi connectivity index (χ1) is 15.9. The topological polar surface area (TPSA) is 69.0 Å². The standard InChI is InChI=1S/C26H28N4O2S/c1-17(2)20-13-12-18(3)14-23(20)32-15-24-28-29-26(30(24)4)33-16-25(31)27-22-11-7-9-19-8-5-6-10-21(19)22/h5-14,17H,15-16H2,1-4H3,(H,27,31). The van der Waals surface area contributed by atoms with E-state index in [0.29, 0.717) is 23.5 Å². The molecule has 0 aliphatic rings. The van der Waals surface area contributed by atoms with Gasteiger partial charge in [0.25, 0.3) is 0 Å². The highest BCUT2D eigenvalue weighted by atomic mass is 32.2. The average Bonchev–Trinajstić information content (AvgIpc) is 3.15. The van der Waals surface area contributed by atoms with Crippen molar-refractivity contribution >= 4 is 34.1 Å². The van der Waals surface area contributed by atoms with E-state index in [2.05, 4.69) is 54.5 Å². The normalized spacial score (nSPS) is 11.2. The zero-order valence-corrected chi connectivity index (χ0v) is 20.1. The summed E-state index contributed by atoms with van der Waals surface area (Å²) in [5, 5.41) is 14.3. The number of aromatic nitrogens is 3. The van der Waals surface area contributed by atoms with Gasteiger partial charge in [0.15, 0.2) is 11.0 Å². The number of carbonyl (C=O) groups excluding carboxylic acids is 1. The Morgan fingerprint density at radius 1 is 1.09 bits per heavy atom. The predicted molar refractivity (Wildman–Crippen MR) is 134 cm³/mol. The lowest BCUT2D eigenvalue weighted by Gasteiger charge is -2.14. The van der Waals surface area contributed by atoms with Crippen LogP contribution in [0.2, 0.25) is 0 Å². The highest BCUT2D eigenvalue weighted by molar-refractivity contribution is 7.99. The maximum absolute atomic E-state index is 12.6. The third-order valence-electron chi connectivity index (χ3n) is 5.47. The van der Waals surface area contributed by atoms with Crippen molar-refractivity contribution in [2.75, 3.05) is 11.1 Å². The summed E-state index contributed by atoms with van der Waals surface area (Å²) in [7, 11) is 1.89. The maximum atomic E-state index is 12.6. The maximum Gasteiger partial charge on any atom is 0.234 e. The quantitative estimate of drug-likeness (QED) is 0.341. The molecule has 0 spiro atoms. The van der Waals surface area contributed by atoms with Gasteiger partial charge in [0.2, 0.25) is 5.91 Å². The van der Waals surface area contributed by atoms with Gasteiger partial charge in [-0.05, 0) is 41.5 Å². The molecule has 0 bridgehead atoms. The molecule has 1 N–H and O–H groups in total. The Hall–Kier alpha value is -3.32. The second-order valence-corrected chi connectivity index (χ2v) is 9.25. The summed E-state index contributed by atoms with van der Waals surface area (Å²) in [5.74, 6) is 2.11. The summed E-state index contributed by atoms with van der Waals surface area (Å²) in [5.41, 5.74) is 3.13. The minimum atomic E-state index is -0.0847. The van der Waals surface area contributed by atoms with E-state index in [1.165, 1.54) is 17.3 Å². The van der Waals surface area contributed by atoms with Crippen LogP contribution in [0.25, 0.3) is 10.8 Å². The molecule has 0 saturated heterocycles. The van der Waals surface area contributed by atoms with Crippen LogP contribution in [-0.4, -0.2) is 26.4 Å². The Morgan fingerprint density at radius 3 is 2.70 bits per heavy atom. The zero-order chi connectivity index (χ0) is 23.4. The first-order valence-corrected chi connectivity index (χ1v) is 11.9. The van der Waals surface area contributed by atoms with E-state index in [1.54, 1.807) is 0 Å². The van der Waals surface area contributed by atoms with Gasteiger partial charge >= 0.3 is 0 Å². The molecule has 6 nitrogen and oxygen atoms in total. The monoisotopic (exact) mass is 460 g/mol. The number of fused-ring (bicyclic) bond motifs is 1. The number of hydrogen-bond donors (Lipinski definition) is 1. The van der Waals surface area contributed by atoms with E-state index >= 15 is 0 Å². The van der Waals surface area contributed by atoms with Gasteiger partial charge in [-0.25, -0.2) is 0 Å². The second kappa shape index (κ2) is 10.1. The molecular formula is C26H28N4O2S. The van der Waals surface area contributed by atoms with Gasteiger partial charge in [-0.15, -0.1) is 10.2 Å². The number of nitrogens with zero attached hydrogens (tertiary/aromatic N) is 3. The van der Waals surface area contributed by atoms with E-state index in [1.807, 2.05) is 54.1 Å². The van der Waals surface area contributed by atoms with Crippen LogP contribution in [0.15, 0.2) is 65.8 Å². The third-order valence-corrected chi connectivity index (χ3v) is 6.49. The fourth-order valence-electron chi connectivity index (χ4n) is 3.63. The lowest BCUT2D eigenvalue weighted by Crippen LogP contribution is -2.14. The smallest absolute Gasteiger partial charge is 0.234 e. The summed E-state index contributed by atoms with van der Waals surface area (Å²) in [6.45, 7) is 6.67. The lowest BCUT2D eigenvalue weighted by atomic mass is 10.0. The van der Waals surface area contributed by atoms with Crippen LogP contribution in [0.4, 0.5) is 5.69 Å². The van der Waals surface area contributed by atoms with Crippen LogP contribution in [0.1, 0.15) is 36.7 Å². The first kappa shape index (κ1) is 22.9.